The highest BCUT2D eigenvalue weighted by Gasteiger charge is 2.25. The number of rotatable bonds is 3. The Hall–Kier alpha value is -4.51. The van der Waals surface area contributed by atoms with Gasteiger partial charge >= 0.3 is 0 Å². The summed E-state index contributed by atoms with van der Waals surface area (Å²) in [5, 5.41) is 13.2. The minimum absolute atomic E-state index is 0.0214. The van der Waals surface area contributed by atoms with Crippen molar-refractivity contribution in [3.05, 3.63) is 108 Å². The summed E-state index contributed by atoms with van der Waals surface area (Å²) in [6.45, 7) is 13.3. The third-order valence-electron chi connectivity index (χ3n) is 7.72. The first kappa shape index (κ1) is 26.7. The summed E-state index contributed by atoms with van der Waals surface area (Å²) in [6.07, 6.45) is 1.46. The number of aromatic nitrogens is 3. The number of hydrogen-bond acceptors (Lipinski definition) is 3. The second kappa shape index (κ2) is 9.55. The van der Waals surface area contributed by atoms with E-state index in [1.54, 1.807) is 6.07 Å². The van der Waals surface area contributed by atoms with E-state index < -0.39 is 0 Å². The van der Waals surface area contributed by atoms with Crippen LogP contribution in [0.15, 0.2) is 91.1 Å². The van der Waals surface area contributed by atoms with E-state index in [1.807, 2.05) is 36.4 Å². The predicted octanol–water partition coefficient (Wildman–Crippen LogP) is 9.35. The highest BCUT2D eigenvalue weighted by atomic mass is 19.1. The van der Waals surface area contributed by atoms with Crippen molar-refractivity contribution in [3.63, 3.8) is 0 Å². The van der Waals surface area contributed by atoms with Crippen molar-refractivity contribution >= 4 is 21.8 Å². The quantitative estimate of drug-likeness (QED) is 0.242. The van der Waals surface area contributed by atoms with Crippen LogP contribution >= 0.6 is 0 Å². The fourth-order valence-corrected chi connectivity index (χ4v) is 5.56. The van der Waals surface area contributed by atoms with Crippen LogP contribution in [0.25, 0.3) is 50.1 Å². The molecular formula is C36H34FN3O. The molecule has 0 fully saturated rings. The van der Waals surface area contributed by atoms with E-state index in [4.69, 9.17) is 4.98 Å². The van der Waals surface area contributed by atoms with E-state index in [0.717, 1.165) is 38.5 Å². The Labute approximate surface area is 240 Å². The van der Waals surface area contributed by atoms with Crippen LogP contribution in [0.5, 0.6) is 5.75 Å². The molecular weight excluding hydrogens is 509 g/mol. The zero-order chi connectivity index (χ0) is 29.1. The normalized spacial score (nSPS) is 12.4. The van der Waals surface area contributed by atoms with Gasteiger partial charge in [-0.3, -0.25) is 9.55 Å². The lowest BCUT2D eigenvalue weighted by Crippen LogP contribution is -2.13. The topological polar surface area (TPSA) is 50.9 Å². The van der Waals surface area contributed by atoms with E-state index in [-0.39, 0.29) is 22.4 Å². The molecule has 0 saturated carbocycles. The monoisotopic (exact) mass is 543 g/mol. The molecule has 0 atom stereocenters. The van der Waals surface area contributed by atoms with Crippen LogP contribution in [0, 0.1) is 5.82 Å². The average Bonchev–Trinajstić information content (AvgIpc) is 3.24. The lowest BCUT2D eigenvalue weighted by Gasteiger charge is -2.24. The molecule has 1 N–H and O–H groups in total. The van der Waals surface area contributed by atoms with Crippen LogP contribution in [0.2, 0.25) is 0 Å². The fraction of sp³-hybridized carbons (Fsp3) is 0.222. The van der Waals surface area contributed by atoms with Crippen LogP contribution in [-0.4, -0.2) is 19.6 Å². The highest BCUT2D eigenvalue weighted by molar-refractivity contribution is 6.11. The van der Waals surface area contributed by atoms with Gasteiger partial charge < -0.3 is 5.11 Å². The first-order valence-electron chi connectivity index (χ1n) is 13.9. The van der Waals surface area contributed by atoms with Crippen molar-refractivity contribution in [2.75, 3.05) is 0 Å². The first-order chi connectivity index (χ1) is 19.4. The number of halogens is 1. The van der Waals surface area contributed by atoms with E-state index in [1.165, 1.54) is 23.9 Å². The number of aromatic hydroxyl groups is 1. The summed E-state index contributed by atoms with van der Waals surface area (Å²) < 4.78 is 16.2. The Morgan fingerprint density at radius 3 is 2.15 bits per heavy atom. The molecule has 0 radical (unpaired) electrons. The SMILES string of the molecule is CC(C)(C)c1ccc2c(c1)c1cc(C(C)(C)C)c(-c3ccccc3O)cc1n2-c1cccc(-c2cc(F)ccn2)n1. The van der Waals surface area contributed by atoms with Gasteiger partial charge in [-0.25, -0.2) is 9.37 Å². The Balaban J connectivity index is 1.73. The molecule has 0 aliphatic rings. The van der Waals surface area contributed by atoms with Crippen molar-refractivity contribution in [1.29, 1.82) is 0 Å². The van der Waals surface area contributed by atoms with Gasteiger partial charge in [0.25, 0.3) is 0 Å². The Bertz CT molecular complexity index is 1940. The molecule has 4 nitrogen and oxygen atoms in total. The molecule has 0 spiro atoms. The van der Waals surface area contributed by atoms with Gasteiger partial charge in [-0.15, -0.1) is 0 Å². The number of hydrogen-bond donors (Lipinski definition) is 1. The second-order valence-electron chi connectivity index (χ2n) is 12.7. The number of phenolic OH excluding ortho intramolecular Hbond substituents is 1. The Morgan fingerprint density at radius 1 is 0.683 bits per heavy atom. The molecule has 0 saturated heterocycles. The Morgan fingerprint density at radius 2 is 1.44 bits per heavy atom. The van der Waals surface area contributed by atoms with Crippen LogP contribution < -0.4 is 0 Å². The fourth-order valence-electron chi connectivity index (χ4n) is 5.56. The number of phenols is 1. The molecule has 6 rings (SSSR count). The number of benzene rings is 3. The molecule has 3 aromatic carbocycles. The maximum absolute atomic E-state index is 14.1. The molecule has 5 heteroatoms. The van der Waals surface area contributed by atoms with E-state index in [9.17, 15) is 9.50 Å². The van der Waals surface area contributed by atoms with E-state index in [2.05, 4.69) is 81.4 Å². The smallest absolute Gasteiger partial charge is 0.138 e. The zero-order valence-electron chi connectivity index (χ0n) is 24.3. The molecule has 0 aliphatic carbocycles. The summed E-state index contributed by atoms with van der Waals surface area (Å²) in [6, 6.07) is 27.1. The van der Waals surface area contributed by atoms with Crippen molar-refractivity contribution in [2.24, 2.45) is 0 Å². The molecule has 3 aromatic heterocycles. The van der Waals surface area contributed by atoms with Gasteiger partial charge in [-0.05, 0) is 76.1 Å². The minimum Gasteiger partial charge on any atom is -0.507 e. The van der Waals surface area contributed by atoms with Crippen LogP contribution in [0.4, 0.5) is 4.39 Å². The lowest BCUT2D eigenvalue weighted by molar-refractivity contribution is 0.477. The first-order valence-corrected chi connectivity index (χ1v) is 13.9. The van der Waals surface area contributed by atoms with Gasteiger partial charge in [0.1, 0.15) is 17.4 Å². The van der Waals surface area contributed by atoms with Crippen molar-refractivity contribution in [3.8, 4) is 34.1 Å². The van der Waals surface area contributed by atoms with Gasteiger partial charge in [-0.1, -0.05) is 71.9 Å². The summed E-state index contributed by atoms with van der Waals surface area (Å²) in [7, 11) is 0. The van der Waals surface area contributed by atoms with Gasteiger partial charge in [0.2, 0.25) is 0 Å². The standard InChI is InChI=1S/C36H34FN3O/c1-35(2,3)22-14-15-31-26(18-22)27-20-28(36(4,5)6)25(24-10-7-8-12-33(24)41)21-32(27)40(31)34-13-9-11-29(39-34)30-19-23(37)16-17-38-30/h7-21,41H,1-6H3. The molecule has 0 bridgehead atoms. The molecule has 0 unspecified atom stereocenters. The molecule has 41 heavy (non-hydrogen) atoms. The third kappa shape index (κ3) is 4.76. The number of para-hydroxylation sites is 1. The Kier molecular flexibility index (Phi) is 6.22. The highest BCUT2D eigenvalue weighted by Crippen LogP contribution is 2.43. The number of nitrogens with zero attached hydrogens (tertiary/aromatic N) is 3. The van der Waals surface area contributed by atoms with Crippen LogP contribution in [0.3, 0.4) is 0 Å². The molecule has 3 heterocycles. The molecule has 0 aliphatic heterocycles. The average molecular weight is 544 g/mol. The number of fused-ring (bicyclic) bond motifs is 3. The van der Waals surface area contributed by atoms with Gasteiger partial charge in [0.15, 0.2) is 0 Å². The summed E-state index contributed by atoms with van der Waals surface area (Å²) in [5.41, 5.74) is 7.05. The van der Waals surface area contributed by atoms with Crippen LogP contribution in [0.1, 0.15) is 52.7 Å². The summed E-state index contributed by atoms with van der Waals surface area (Å²) in [4.78, 5) is 9.33. The van der Waals surface area contributed by atoms with Crippen molar-refractivity contribution < 1.29 is 9.50 Å². The maximum Gasteiger partial charge on any atom is 0.138 e. The summed E-state index contributed by atoms with van der Waals surface area (Å²) >= 11 is 0. The van der Waals surface area contributed by atoms with Crippen LogP contribution in [-0.2, 0) is 10.8 Å². The second-order valence-corrected chi connectivity index (χ2v) is 12.7. The third-order valence-corrected chi connectivity index (χ3v) is 7.72. The predicted molar refractivity (Wildman–Crippen MR) is 166 cm³/mol. The number of pyridine rings is 2. The van der Waals surface area contributed by atoms with Gasteiger partial charge in [0.05, 0.1) is 22.4 Å². The largest absolute Gasteiger partial charge is 0.507 e. The van der Waals surface area contributed by atoms with E-state index >= 15 is 0 Å². The molecule has 6 aromatic rings. The van der Waals surface area contributed by atoms with Gasteiger partial charge in [-0.2, -0.15) is 0 Å². The molecule has 0 amide bonds. The lowest BCUT2D eigenvalue weighted by atomic mass is 9.80. The molecule has 206 valence electrons. The zero-order valence-corrected chi connectivity index (χ0v) is 24.3. The van der Waals surface area contributed by atoms with Crippen molar-refractivity contribution in [1.82, 2.24) is 14.5 Å². The summed E-state index contributed by atoms with van der Waals surface area (Å²) in [5.74, 6) is 0.604. The van der Waals surface area contributed by atoms with E-state index in [0.29, 0.717) is 17.2 Å². The maximum atomic E-state index is 14.1. The minimum atomic E-state index is -0.351. The van der Waals surface area contributed by atoms with Crippen molar-refractivity contribution in [2.45, 2.75) is 52.4 Å². The van der Waals surface area contributed by atoms with Gasteiger partial charge in [0, 0.05) is 28.6 Å².